The van der Waals surface area contributed by atoms with Crippen LogP contribution in [0.1, 0.15) is 0 Å². The van der Waals surface area contributed by atoms with Gasteiger partial charge in [0, 0.05) is 11.5 Å². The zero-order valence-electron chi connectivity index (χ0n) is 7.84. The van der Waals surface area contributed by atoms with E-state index in [2.05, 4.69) is 5.73 Å². The summed E-state index contributed by atoms with van der Waals surface area (Å²) in [5, 5.41) is 8.63. The number of carbonyl (C=O) groups is 1. The third-order valence-electron chi connectivity index (χ3n) is 2.08. The molecule has 0 aliphatic carbocycles. The van der Waals surface area contributed by atoms with Crippen LogP contribution in [0, 0.1) is 0 Å². The Hall–Kier alpha value is 0.320. The summed E-state index contributed by atoms with van der Waals surface area (Å²) < 4.78 is 0. The smallest absolute Gasteiger partial charge is 0.368 e. The molecule has 14 heavy (non-hydrogen) atoms. The first-order valence-electron chi connectivity index (χ1n) is 4.17. The van der Waals surface area contributed by atoms with E-state index >= 15 is 0 Å². The first-order chi connectivity index (χ1) is 5.70. The van der Waals surface area contributed by atoms with E-state index in [0.717, 1.165) is 24.6 Å². The minimum absolute atomic E-state index is 0. The van der Waals surface area contributed by atoms with Gasteiger partial charge in [0.05, 0.1) is 13.1 Å². The van der Waals surface area contributed by atoms with E-state index in [9.17, 15) is 4.79 Å². The number of thioether (sulfide) groups is 1. The van der Waals surface area contributed by atoms with E-state index in [-0.39, 0.29) is 24.8 Å². The van der Waals surface area contributed by atoms with Crippen LogP contribution in [-0.2, 0) is 4.79 Å². The largest absolute Gasteiger partial charge is 1.00 e. The Morgan fingerprint density at radius 1 is 1.43 bits per heavy atom. The van der Waals surface area contributed by atoms with Crippen LogP contribution in [0.25, 0.3) is 0 Å². The highest BCUT2D eigenvalue weighted by atomic mass is 35.5. The fourth-order valence-corrected chi connectivity index (χ4v) is 2.37. The summed E-state index contributed by atoms with van der Waals surface area (Å²) >= 11 is 1.95. The highest BCUT2D eigenvalue weighted by Crippen LogP contribution is 1.97. The quantitative estimate of drug-likeness (QED) is 0.474. The van der Waals surface area contributed by atoms with E-state index in [4.69, 9.17) is 5.11 Å². The van der Waals surface area contributed by atoms with Crippen molar-refractivity contribution in [1.82, 2.24) is 0 Å². The normalized spacial score (nSPS) is 18.9. The number of hydrogen-bond acceptors (Lipinski definition) is 2. The van der Waals surface area contributed by atoms with E-state index in [0.29, 0.717) is 6.54 Å². The molecular weight excluding hydrogens is 247 g/mol. The van der Waals surface area contributed by atoms with Crippen molar-refractivity contribution in [2.45, 2.75) is 6.04 Å². The summed E-state index contributed by atoms with van der Waals surface area (Å²) in [5.74, 6) is 1.53. The molecular formula is C7H16Cl2N2O2S. The molecule has 1 aliphatic rings. The number of nitrogens with one attached hydrogen (secondary N) is 1. The molecule has 5 N–H and O–H groups in total. The SMILES string of the molecule is [Cl-].[Cl-].[NH3+]C(C[NH+]1CCSCC1)C(=O)O. The van der Waals surface area contributed by atoms with E-state index in [1.165, 1.54) is 4.90 Å². The van der Waals surface area contributed by atoms with Crippen LogP contribution in [0.5, 0.6) is 0 Å². The Kier molecular flexibility index (Phi) is 10.3. The molecule has 0 saturated carbocycles. The first kappa shape index (κ1) is 16.7. The van der Waals surface area contributed by atoms with Gasteiger partial charge < -0.3 is 40.6 Å². The summed E-state index contributed by atoms with van der Waals surface area (Å²) in [6.45, 7) is 2.85. The molecule has 1 unspecified atom stereocenters. The molecule has 86 valence electrons. The van der Waals surface area contributed by atoms with Crippen LogP contribution in [-0.4, -0.2) is 48.3 Å². The van der Waals surface area contributed by atoms with Gasteiger partial charge in [-0.3, -0.25) is 0 Å². The fourth-order valence-electron chi connectivity index (χ4n) is 1.30. The molecule has 1 saturated heterocycles. The molecule has 1 fully saturated rings. The lowest BCUT2D eigenvalue weighted by Crippen LogP contribution is -3.16. The molecule has 0 amide bonds. The van der Waals surface area contributed by atoms with Gasteiger partial charge in [-0.15, -0.1) is 0 Å². The van der Waals surface area contributed by atoms with Crippen LogP contribution >= 0.6 is 11.8 Å². The average Bonchev–Trinajstić information content (AvgIpc) is 2.06. The van der Waals surface area contributed by atoms with Crippen molar-refractivity contribution < 1.29 is 45.3 Å². The van der Waals surface area contributed by atoms with Gasteiger partial charge in [-0.25, -0.2) is 4.79 Å². The maximum Gasteiger partial charge on any atom is 0.368 e. The van der Waals surface area contributed by atoms with Crippen LogP contribution in [0.2, 0.25) is 0 Å². The van der Waals surface area contributed by atoms with Gasteiger partial charge in [-0.1, -0.05) is 0 Å². The minimum atomic E-state index is -0.777. The topological polar surface area (TPSA) is 69.4 Å². The van der Waals surface area contributed by atoms with Gasteiger partial charge in [0.25, 0.3) is 0 Å². The lowest BCUT2D eigenvalue weighted by Gasteiger charge is -2.23. The van der Waals surface area contributed by atoms with Crippen molar-refractivity contribution in [2.24, 2.45) is 0 Å². The molecule has 1 aliphatic heterocycles. The van der Waals surface area contributed by atoms with E-state index in [1.54, 1.807) is 0 Å². The molecule has 1 heterocycles. The third kappa shape index (κ3) is 5.93. The minimum Gasteiger partial charge on any atom is -1.00 e. The molecule has 0 bridgehead atoms. The average molecular weight is 263 g/mol. The summed E-state index contributed by atoms with van der Waals surface area (Å²) in [6, 6.07) is -0.442. The van der Waals surface area contributed by atoms with E-state index in [1.807, 2.05) is 11.8 Å². The number of carboxylic acid groups (broad SMARTS) is 1. The number of halogens is 2. The Balaban J connectivity index is 0. The van der Waals surface area contributed by atoms with Crippen LogP contribution < -0.4 is 35.4 Å². The predicted molar refractivity (Wildman–Crippen MR) is 47.2 cm³/mol. The van der Waals surface area contributed by atoms with Gasteiger partial charge in [0.2, 0.25) is 6.04 Å². The summed E-state index contributed by atoms with van der Waals surface area (Å²) in [5.41, 5.74) is 3.60. The molecule has 0 spiro atoms. The molecule has 4 nitrogen and oxygen atoms in total. The van der Waals surface area contributed by atoms with Crippen LogP contribution in [0.3, 0.4) is 0 Å². The lowest BCUT2D eigenvalue weighted by atomic mass is 10.3. The maximum atomic E-state index is 10.5. The van der Waals surface area contributed by atoms with Crippen molar-refractivity contribution in [1.29, 1.82) is 0 Å². The maximum absolute atomic E-state index is 10.5. The highest BCUT2D eigenvalue weighted by Gasteiger charge is 2.24. The second-order valence-corrected chi connectivity index (χ2v) is 4.33. The van der Waals surface area contributed by atoms with Gasteiger partial charge in [0.15, 0.2) is 0 Å². The van der Waals surface area contributed by atoms with Gasteiger partial charge in [0.1, 0.15) is 6.54 Å². The predicted octanol–water partition coefficient (Wildman–Crippen LogP) is -8.68. The van der Waals surface area contributed by atoms with Gasteiger partial charge in [-0.05, 0) is 0 Å². The van der Waals surface area contributed by atoms with Crippen molar-refractivity contribution >= 4 is 17.7 Å². The number of rotatable bonds is 3. The molecule has 0 aromatic rings. The summed E-state index contributed by atoms with van der Waals surface area (Å²) in [4.78, 5) is 11.9. The Bertz CT molecular complexity index is 168. The number of carboxylic acids is 1. The molecule has 1 rings (SSSR count). The number of aliphatic carboxylic acids is 1. The second-order valence-electron chi connectivity index (χ2n) is 3.10. The van der Waals surface area contributed by atoms with Gasteiger partial charge >= 0.3 is 5.97 Å². The molecule has 1 atom stereocenters. The zero-order valence-corrected chi connectivity index (χ0v) is 10.2. The molecule has 0 aromatic carbocycles. The summed E-state index contributed by atoms with van der Waals surface area (Å²) in [7, 11) is 0. The third-order valence-corrected chi connectivity index (χ3v) is 3.07. The Morgan fingerprint density at radius 2 is 1.93 bits per heavy atom. The highest BCUT2D eigenvalue weighted by molar-refractivity contribution is 7.99. The summed E-state index contributed by atoms with van der Waals surface area (Å²) in [6.07, 6.45) is 0. The van der Waals surface area contributed by atoms with Crippen molar-refractivity contribution in [3.8, 4) is 0 Å². The Labute approximate surface area is 100 Å². The number of hydrogen-bond donors (Lipinski definition) is 3. The van der Waals surface area contributed by atoms with Crippen molar-refractivity contribution in [3.63, 3.8) is 0 Å². The fraction of sp³-hybridized carbons (Fsp3) is 0.857. The van der Waals surface area contributed by atoms with Crippen molar-refractivity contribution in [2.75, 3.05) is 31.1 Å². The molecule has 0 aromatic heterocycles. The van der Waals surface area contributed by atoms with Crippen LogP contribution in [0.4, 0.5) is 0 Å². The Morgan fingerprint density at radius 3 is 2.36 bits per heavy atom. The van der Waals surface area contributed by atoms with Gasteiger partial charge in [-0.2, -0.15) is 11.8 Å². The van der Waals surface area contributed by atoms with E-state index < -0.39 is 12.0 Å². The monoisotopic (exact) mass is 262 g/mol. The molecule has 0 radical (unpaired) electrons. The van der Waals surface area contributed by atoms with Crippen molar-refractivity contribution in [3.05, 3.63) is 0 Å². The molecule has 7 heteroatoms. The second kappa shape index (κ2) is 8.61. The lowest BCUT2D eigenvalue weighted by molar-refractivity contribution is -0.904. The zero-order chi connectivity index (χ0) is 8.97. The van der Waals surface area contributed by atoms with Crippen LogP contribution in [0.15, 0.2) is 0 Å². The number of quaternary nitrogens is 2. The standard InChI is InChI=1S/C7H14N2O2S.2ClH/c8-6(7(10)11)5-9-1-3-12-4-2-9;;/h6H,1-5,8H2,(H,10,11);2*1H. The first-order valence-corrected chi connectivity index (χ1v) is 5.33.